The minimum absolute atomic E-state index is 0.188. The van der Waals surface area contributed by atoms with Gasteiger partial charge in [0.25, 0.3) is 0 Å². The molecule has 1 saturated carbocycles. The molecule has 0 aromatic heterocycles. The van der Waals surface area contributed by atoms with E-state index in [0.29, 0.717) is 30.5 Å². The topological polar surface area (TPSA) is 49.6 Å². The first-order valence-corrected chi connectivity index (χ1v) is 8.25. The van der Waals surface area contributed by atoms with Gasteiger partial charge in [0, 0.05) is 38.1 Å². The van der Waals surface area contributed by atoms with Crippen LogP contribution in [0.15, 0.2) is 0 Å². The molecule has 0 spiro atoms. The first-order valence-electron chi connectivity index (χ1n) is 8.25. The lowest BCUT2D eigenvalue weighted by Gasteiger charge is -2.39. The molecule has 4 nitrogen and oxygen atoms in total. The Labute approximate surface area is 123 Å². The Hall–Kier alpha value is -0.610. The number of hydrogen-bond donors (Lipinski definition) is 1. The van der Waals surface area contributed by atoms with Crippen molar-refractivity contribution in [2.45, 2.75) is 58.0 Å². The van der Waals surface area contributed by atoms with Crippen LogP contribution in [0.2, 0.25) is 0 Å². The Balaban J connectivity index is 1.88. The molecule has 0 radical (unpaired) electrons. The van der Waals surface area contributed by atoms with Crippen molar-refractivity contribution in [3.05, 3.63) is 0 Å². The monoisotopic (exact) mass is 281 g/mol. The minimum atomic E-state index is 0.188. The van der Waals surface area contributed by atoms with Crippen LogP contribution in [0, 0.1) is 11.8 Å². The summed E-state index contributed by atoms with van der Waals surface area (Å²) in [5.41, 5.74) is 5.81. The van der Waals surface area contributed by atoms with Gasteiger partial charge in [0.15, 0.2) is 0 Å². The number of rotatable bonds is 4. The molecular weight excluding hydrogens is 250 g/mol. The van der Waals surface area contributed by atoms with Gasteiger partial charge in [0.2, 0.25) is 5.91 Å². The van der Waals surface area contributed by atoms with E-state index < -0.39 is 0 Å². The minimum Gasteiger partial charge on any atom is -0.342 e. The third kappa shape index (κ3) is 3.34. The van der Waals surface area contributed by atoms with E-state index in [1.807, 2.05) is 11.9 Å². The fraction of sp³-hybridized carbons (Fsp3) is 0.938. The molecule has 2 aliphatic rings. The van der Waals surface area contributed by atoms with Crippen LogP contribution in [0.3, 0.4) is 0 Å². The number of likely N-dealkylation sites (tertiary alicyclic amines) is 1. The van der Waals surface area contributed by atoms with Gasteiger partial charge in [0.05, 0.1) is 0 Å². The van der Waals surface area contributed by atoms with Crippen LogP contribution < -0.4 is 5.73 Å². The Morgan fingerprint density at radius 2 is 1.90 bits per heavy atom. The van der Waals surface area contributed by atoms with E-state index in [1.54, 1.807) is 0 Å². The molecule has 116 valence electrons. The lowest BCUT2D eigenvalue weighted by molar-refractivity contribution is -0.138. The summed E-state index contributed by atoms with van der Waals surface area (Å²) >= 11 is 0. The zero-order valence-electron chi connectivity index (χ0n) is 13.3. The number of nitrogens with zero attached hydrogens (tertiary/aromatic N) is 2. The van der Waals surface area contributed by atoms with E-state index in [1.165, 1.54) is 0 Å². The molecule has 1 heterocycles. The number of carbonyl (C=O) groups excluding carboxylic acids is 1. The van der Waals surface area contributed by atoms with Gasteiger partial charge in [-0.05, 0) is 52.0 Å². The van der Waals surface area contributed by atoms with E-state index in [4.69, 9.17) is 5.73 Å². The maximum Gasteiger partial charge on any atom is 0.226 e. The van der Waals surface area contributed by atoms with E-state index in [-0.39, 0.29) is 5.92 Å². The number of hydrogen-bond acceptors (Lipinski definition) is 3. The van der Waals surface area contributed by atoms with Gasteiger partial charge in [-0.1, -0.05) is 6.42 Å². The maximum atomic E-state index is 12.7. The van der Waals surface area contributed by atoms with Crippen molar-refractivity contribution in [1.82, 2.24) is 9.80 Å². The summed E-state index contributed by atoms with van der Waals surface area (Å²) in [6, 6.07) is 1.05. The fourth-order valence-corrected chi connectivity index (χ4v) is 3.88. The Morgan fingerprint density at radius 3 is 2.45 bits per heavy atom. The normalized spacial score (nSPS) is 29.1. The van der Waals surface area contributed by atoms with Gasteiger partial charge >= 0.3 is 0 Å². The third-order valence-electron chi connectivity index (χ3n) is 5.40. The smallest absolute Gasteiger partial charge is 0.226 e. The van der Waals surface area contributed by atoms with Crippen molar-refractivity contribution < 1.29 is 4.79 Å². The van der Waals surface area contributed by atoms with Gasteiger partial charge < -0.3 is 15.5 Å². The molecule has 2 atom stereocenters. The summed E-state index contributed by atoms with van der Waals surface area (Å²) in [4.78, 5) is 17.2. The fourth-order valence-electron chi connectivity index (χ4n) is 3.88. The summed E-state index contributed by atoms with van der Waals surface area (Å²) in [6.45, 7) is 7.39. The molecular formula is C16H31N3O. The Kier molecular flexibility index (Phi) is 5.44. The highest BCUT2D eigenvalue weighted by atomic mass is 16.2. The van der Waals surface area contributed by atoms with Gasteiger partial charge in [-0.3, -0.25) is 4.79 Å². The Morgan fingerprint density at radius 1 is 1.25 bits per heavy atom. The average Bonchev–Trinajstić information content (AvgIpc) is 2.94. The van der Waals surface area contributed by atoms with Crippen molar-refractivity contribution in [3.8, 4) is 0 Å². The highest BCUT2D eigenvalue weighted by Crippen LogP contribution is 2.33. The van der Waals surface area contributed by atoms with Crippen LogP contribution in [0.1, 0.15) is 46.0 Å². The quantitative estimate of drug-likeness (QED) is 0.853. The molecule has 0 bridgehead atoms. The number of nitrogens with two attached hydrogens (primary N) is 1. The predicted octanol–water partition coefficient (Wildman–Crippen LogP) is 1.69. The summed E-state index contributed by atoms with van der Waals surface area (Å²) in [7, 11) is 2.00. The molecule has 2 fully saturated rings. The van der Waals surface area contributed by atoms with Gasteiger partial charge in [-0.15, -0.1) is 0 Å². The van der Waals surface area contributed by atoms with Crippen LogP contribution >= 0.6 is 0 Å². The first-order chi connectivity index (χ1) is 9.54. The van der Waals surface area contributed by atoms with Crippen LogP contribution in [0.4, 0.5) is 0 Å². The van der Waals surface area contributed by atoms with Crippen LogP contribution in [0.5, 0.6) is 0 Å². The average molecular weight is 281 g/mol. The molecule has 2 N–H and O–H groups in total. The zero-order chi connectivity index (χ0) is 14.7. The van der Waals surface area contributed by atoms with Gasteiger partial charge in [-0.25, -0.2) is 0 Å². The van der Waals surface area contributed by atoms with E-state index in [9.17, 15) is 4.79 Å². The first kappa shape index (κ1) is 15.8. The summed E-state index contributed by atoms with van der Waals surface area (Å²) in [5, 5.41) is 0. The largest absolute Gasteiger partial charge is 0.342 e. The molecule has 1 aliphatic carbocycles. The Bertz CT molecular complexity index is 324. The lowest BCUT2D eigenvalue weighted by Crippen LogP contribution is -2.49. The number of amides is 1. The van der Waals surface area contributed by atoms with Crippen LogP contribution in [0.25, 0.3) is 0 Å². The highest BCUT2D eigenvalue weighted by Gasteiger charge is 2.36. The van der Waals surface area contributed by atoms with Crippen molar-refractivity contribution >= 4 is 5.91 Å². The molecule has 0 aromatic rings. The number of carbonyl (C=O) groups is 1. The van der Waals surface area contributed by atoms with Crippen molar-refractivity contribution in [1.29, 1.82) is 0 Å². The second-order valence-corrected chi connectivity index (χ2v) is 6.84. The second-order valence-electron chi connectivity index (χ2n) is 6.84. The van der Waals surface area contributed by atoms with Gasteiger partial charge in [-0.2, -0.15) is 0 Å². The summed E-state index contributed by atoms with van der Waals surface area (Å²) < 4.78 is 0. The molecule has 0 unspecified atom stereocenters. The summed E-state index contributed by atoms with van der Waals surface area (Å²) in [5.74, 6) is 0.953. The molecule has 2 rings (SSSR count). The molecule has 20 heavy (non-hydrogen) atoms. The van der Waals surface area contributed by atoms with Crippen LogP contribution in [-0.4, -0.2) is 54.5 Å². The van der Waals surface area contributed by atoms with Gasteiger partial charge in [0.1, 0.15) is 0 Å². The molecule has 4 heteroatoms. The third-order valence-corrected chi connectivity index (χ3v) is 5.40. The molecule has 1 saturated heterocycles. The van der Waals surface area contributed by atoms with Crippen molar-refractivity contribution in [3.63, 3.8) is 0 Å². The SMILES string of the molecule is CC(C)N1CCC(N(C)C(=O)[C@@H]2CCC[C@@H]2CN)CC1. The lowest BCUT2D eigenvalue weighted by atomic mass is 9.93. The second kappa shape index (κ2) is 6.90. The van der Waals surface area contributed by atoms with Crippen molar-refractivity contribution in [2.75, 3.05) is 26.7 Å². The van der Waals surface area contributed by atoms with E-state index in [0.717, 1.165) is 45.2 Å². The molecule has 0 aromatic carbocycles. The standard InChI is InChI=1S/C16H31N3O/c1-12(2)19-9-7-14(8-10-19)18(3)16(20)15-6-4-5-13(15)11-17/h12-15H,4-11,17H2,1-3H3/t13-,15-/m1/s1. The predicted molar refractivity (Wildman–Crippen MR) is 82.4 cm³/mol. The van der Waals surface area contributed by atoms with Crippen molar-refractivity contribution in [2.24, 2.45) is 17.6 Å². The highest BCUT2D eigenvalue weighted by molar-refractivity contribution is 5.79. The van der Waals surface area contributed by atoms with Crippen LogP contribution in [-0.2, 0) is 4.79 Å². The maximum absolute atomic E-state index is 12.7. The van der Waals surface area contributed by atoms with E-state index in [2.05, 4.69) is 18.7 Å². The molecule has 1 amide bonds. The zero-order valence-corrected chi connectivity index (χ0v) is 13.3. The molecule has 1 aliphatic heterocycles. The summed E-state index contributed by atoms with van der Waals surface area (Å²) in [6.07, 6.45) is 5.56. The number of piperidine rings is 1. The van der Waals surface area contributed by atoms with E-state index >= 15 is 0 Å².